The van der Waals surface area contributed by atoms with Gasteiger partial charge in [0, 0.05) is 20.2 Å². The van der Waals surface area contributed by atoms with Crippen molar-refractivity contribution < 1.29 is 9.47 Å². The lowest BCUT2D eigenvalue weighted by Gasteiger charge is -2.32. The summed E-state index contributed by atoms with van der Waals surface area (Å²) in [5, 5.41) is 0.401. The Bertz CT molecular complexity index is 459. The minimum atomic E-state index is -0.128. The van der Waals surface area contributed by atoms with E-state index in [9.17, 15) is 0 Å². The number of nitrogens with zero attached hydrogens (tertiary/aromatic N) is 3. The van der Waals surface area contributed by atoms with Gasteiger partial charge in [0.15, 0.2) is 5.82 Å². The molecule has 1 aromatic rings. The van der Waals surface area contributed by atoms with E-state index in [-0.39, 0.29) is 6.10 Å². The van der Waals surface area contributed by atoms with Crippen LogP contribution in [0.5, 0.6) is 0 Å². The van der Waals surface area contributed by atoms with Gasteiger partial charge in [-0.15, -0.1) is 0 Å². The van der Waals surface area contributed by atoms with E-state index in [0.717, 1.165) is 31.7 Å². The van der Waals surface area contributed by atoms with Crippen LogP contribution in [-0.2, 0) is 16.1 Å². The van der Waals surface area contributed by atoms with Crippen LogP contribution in [-0.4, -0.2) is 48.2 Å². The first-order valence-electron chi connectivity index (χ1n) is 6.70. The van der Waals surface area contributed by atoms with Gasteiger partial charge in [-0.1, -0.05) is 18.5 Å². The van der Waals surface area contributed by atoms with Gasteiger partial charge in [-0.05, 0) is 28.9 Å². The van der Waals surface area contributed by atoms with Crippen molar-refractivity contribution in [3.63, 3.8) is 0 Å². The van der Waals surface area contributed by atoms with E-state index in [1.807, 2.05) is 0 Å². The third-order valence-corrected chi connectivity index (χ3v) is 4.49. The minimum absolute atomic E-state index is 0.128. The van der Waals surface area contributed by atoms with Crippen LogP contribution in [0.1, 0.15) is 31.0 Å². The van der Waals surface area contributed by atoms with E-state index in [1.165, 1.54) is 0 Å². The average Bonchev–Trinajstić information content (AvgIpc) is 2.44. The van der Waals surface area contributed by atoms with E-state index in [2.05, 4.69) is 37.7 Å². The van der Waals surface area contributed by atoms with Gasteiger partial charge in [0.05, 0.1) is 23.4 Å². The lowest BCUT2D eigenvalue weighted by Crippen LogP contribution is -2.39. The summed E-state index contributed by atoms with van der Waals surface area (Å²) in [4.78, 5) is 11.2. The van der Waals surface area contributed by atoms with Gasteiger partial charge in [-0.2, -0.15) is 0 Å². The Morgan fingerprint density at radius 2 is 2.30 bits per heavy atom. The molecular formula is C13H19BrClN3O2. The molecule has 0 bridgehead atoms. The molecule has 2 heterocycles. The molecule has 0 aliphatic carbocycles. The Morgan fingerprint density at radius 3 is 3.00 bits per heavy atom. The smallest absolute Gasteiger partial charge is 0.160 e. The monoisotopic (exact) mass is 363 g/mol. The summed E-state index contributed by atoms with van der Waals surface area (Å²) in [6.07, 6.45) is 1.00. The fraction of sp³-hybridized carbons (Fsp3) is 0.692. The molecule has 1 fully saturated rings. The SMILES string of the molecule is CCCN1CCOC(c2nc(Cl)c(Br)c(COC)n2)C1. The zero-order valence-electron chi connectivity index (χ0n) is 11.7. The predicted octanol–water partition coefficient (Wildman–Crippen LogP) is 2.82. The molecule has 7 heteroatoms. The molecule has 0 radical (unpaired) electrons. The van der Waals surface area contributed by atoms with Crippen LogP contribution in [0.2, 0.25) is 5.15 Å². The number of ether oxygens (including phenoxy) is 2. The number of aromatic nitrogens is 2. The number of halogens is 2. The van der Waals surface area contributed by atoms with Crippen LogP contribution < -0.4 is 0 Å². The van der Waals surface area contributed by atoms with E-state index in [1.54, 1.807) is 7.11 Å². The maximum absolute atomic E-state index is 6.15. The zero-order valence-corrected chi connectivity index (χ0v) is 14.1. The maximum atomic E-state index is 6.15. The summed E-state index contributed by atoms with van der Waals surface area (Å²) in [5.74, 6) is 0.631. The standard InChI is InChI=1S/C13H19BrClN3O2/c1-3-4-18-5-6-20-10(7-18)13-16-9(8-19-2)11(14)12(15)17-13/h10H,3-8H2,1-2H3. The summed E-state index contributed by atoms with van der Waals surface area (Å²) in [5.41, 5.74) is 0.749. The molecule has 0 N–H and O–H groups in total. The van der Waals surface area contributed by atoms with E-state index in [0.29, 0.717) is 28.7 Å². The van der Waals surface area contributed by atoms with Crippen molar-refractivity contribution in [3.05, 3.63) is 21.1 Å². The van der Waals surface area contributed by atoms with E-state index in [4.69, 9.17) is 21.1 Å². The highest BCUT2D eigenvalue weighted by Crippen LogP contribution is 2.27. The molecule has 1 atom stereocenters. The average molecular weight is 365 g/mol. The number of rotatable bonds is 5. The first-order valence-corrected chi connectivity index (χ1v) is 7.87. The van der Waals surface area contributed by atoms with Crippen molar-refractivity contribution in [2.24, 2.45) is 0 Å². The van der Waals surface area contributed by atoms with Crippen LogP contribution >= 0.6 is 27.5 Å². The fourth-order valence-corrected chi connectivity index (χ4v) is 2.72. The second-order valence-corrected chi connectivity index (χ2v) is 5.88. The zero-order chi connectivity index (χ0) is 14.5. The van der Waals surface area contributed by atoms with Crippen molar-refractivity contribution in [2.45, 2.75) is 26.1 Å². The Hall–Kier alpha value is -0.270. The Kier molecular flexibility index (Phi) is 6.17. The number of methoxy groups -OCH3 is 1. The van der Waals surface area contributed by atoms with Gasteiger partial charge in [-0.25, -0.2) is 9.97 Å². The molecule has 2 rings (SSSR count). The van der Waals surface area contributed by atoms with Crippen LogP contribution in [0.25, 0.3) is 0 Å². The molecule has 1 saturated heterocycles. The third-order valence-electron chi connectivity index (χ3n) is 3.16. The quantitative estimate of drug-likeness (QED) is 0.752. The van der Waals surface area contributed by atoms with E-state index >= 15 is 0 Å². The molecule has 5 nitrogen and oxygen atoms in total. The summed E-state index contributed by atoms with van der Waals surface area (Å²) < 4.78 is 11.6. The highest BCUT2D eigenvalue weighted by Gasteiger charge is 2.25. The Morgan fingerprint density at radius 1 is 1.50 bits per heavy atom. The normalized spacial score (nSPS) is 20.3. The van der Waals surface area contributed by atoms with Crippen molar-refractivity contribution in [1.29, 1.82) is 0 Å². The first kappa shape index (κ1) is 16.1. The van der Waals surface area contributed by atoms with Crippen molar-refractivity contribution >= 4 is 27.5 Å². The molecule has 1 aliphatic rings. The van der Waals surface area contributed by atoms with Crippen molar-refractivity contribution in [1.82, 2.24) is 14.9 Å². The van der Waals surface area contributed by atoms with E-state index < -0.39 is 0 Å². The number of morpholine rings is 1. The Balaban J connectivity index is 2.19. The Labute approximate surface area is 132 Å². The summed E-state index contributed by atoms with van der Waals surface area (Å²) >= 11 is 9.54. The van der Waals surface area contributed by atoms with Gasteiger partial charge in [-0.3, -0.25) is 4.90 Å². The molecule has 112 valence electrons. The first-order chi connectivity index (χ1) is 9.65. The number of hydrogen-bond acceptors (Lipinski definition) is 5. The molecule has 0 aromatic carbocycles. The van der Waals surface area contributed by atoms with Gasteiger partial charge in [0.25, 0.3) is 0 Å². The summed E-state index contributed by atoms with van der Waals surface area (Å²) in [7, 11) is 1.63. The van der Waals surface area contributed by atoms with Crippen molar-refractivity contribution in [2.75, 3.05) is 33.4 Å². The third kappa shape index (κ3) is 3.89. The van der Waals surface area contributed by atoms with Crippen molar-refractivity contribution in [3.8, 4) is 0 Å². The largest absolute Gasteiger partial charge is 0.378 e. The number of hydrogen-bond donors (Lipinski definition) is 0. The second-order valence-electron chi connectivity index (χ2n) is 4.73. The van der Waals surface area contributed by atoms with Gasteiger partial charge in [0.1, 0.15) is 11.3 Å². The molecule has 1 unspecified atom stereocenters. The molecule has 0 amide bonds. The topological polar surface area (TPSA) is 47.5 Å². The maximum Gasteiger partial charge on any atom is 0.160 e. The molecular weight excluding hydrogens is 346 g/mol. The fourth-order valence-electron chi connectivity index (χ4n) is 2.24. The predicted molar refractivity (Wildman–Crippen MR) is 80.9 cm³/mol. The summed E-state index contributed by atoms with van der Waals surface area (Å²) in [6.45, 7) is 6.09. The van der Waals surface area contributed by atoms with Crippen LogP contribution in [0, 0.1) is 0 Å². The van der Waals surface area contributed by atoms with Gasteiger partial charge >= 0.3 is 0 Å². The van der Waals surface area contributed by atoms with Crippen LogP contribution in [0.3, 0.4) is 0 Å². The molecule has 1 aromatic heterocycles. The lowest BCUT2D eigenvalue weighted by atomic mass is 10.2. The molecule has 1 aliphatic heterocycles. The summed E-state index contributed by atoms with van der Waals surface area (Å²) in [6, 6.07) is 0. The molecule has 20 heavy (non-hydrogen) atoms. The molecule has 0 saturated carbocycles. The molecule has 0 spiro atoms. The minimum Gasteiger partial charge on any atom is -0.378 e. The lowest BCUT2D eigenvalue weighted by molar-refractivity contribution is -0.0344. The highest BCUT2D eigenvalue weighted by molar-refractivity contribution is 9.10. The van der Waals surface area contributed by atoms with Crippen LogP contribution in [0.4, 0.5) is 0 Å². The second kappa shape index (κ2) is 7.66. The van der Waals surface area contributed by atoms with Gasteiger partial charge in [0.2, 0.25) is 0 Å². The highest BCUT2D eigenvalue weighted by atomic mass is 79.9. The van der Waals surface area contributed by atoms with Gasteiger partial charge < -0.3 is 9.47 Å². The van der Waals surface area contributed by atoms with Crippen LogP contribution in [0.15, 0.2) is 4.47 Å².